The summed E-state index contributed by atoms with van der Waals surface area (Å²) in [5.41, 5.74) is 1.24. The molecule has 200 valence electrons. The fourth-order valence-electron chi connectivity index (χ4n) is 5.49. The molecule has 0 saturated heterocycles. The van der Waals surface area contributed by atoms with E-state index in [-0.39, 0.29) is 42.9 Å². The van der Waals surface area contributed by atoms with E-state index in [0.29, 0.717) is 59.8 Å². The molecule has 0 radical (unpaired) electrons. The molecule has 1 N–H and O–H groups in total. The third kappa shape index (κ3) is 5.49. The number of anilines is 1. The van der Waals surface area contributed by atoms with Crippen molar-refractivity contribution in [2.24, 2.45) is 0 Å². The van der Waals surface area contributed by atoms with E-state index >= 15 is 4.39 Å². The Morgan fingerprint density at radius 2 is 1.76 bits per heavy atom. The van der Waals surface area contributed by atoms with Gasteiger partial charge in [-0.1, -0.05) is 29.8 Å². The van der Waals surface area contributed by atoms with Gasteiger partial charge in [0, 0.05) is 17.0 Å². The van der Waals surface area contributed by atoms with Crippen molar-refractivity contribution in [3.63, 3.8) is 0 Å². The van der Waals surface area contributed by atoms with Gasteiger partial charge in [-0.3, -0.25) is 4.79 Å². The highest BCUT2D eigenvalue weighted by Gasteiger charge is 2.36. The van der Waals surface area contributed by atoms with Crippen LogP contribution in [0.1, 0.15) is 54.7 Å². The number of methoxy groups -OCH3 is 1. The molecule has 3 aromatic carbocycles. The van der Waals surface area contributed by atoms with Gasteiger partial charge in [-0.25, -0.2) is 8.78 Å². The molecule has 1 fully saturated rings. The summed E-state index contributed by atoms with van der Waals surface area (Å²) in [4.78, 5) is 14.3. The highest BCUT2D eigenvalue weighted by molar-refractivity contribution is 6.30. The molecule has 8 heteroatoms. The minimum absolute atomic E-state index is 0.00338. The largest absolute Gasteiger partial charge is 0.497 e. The molecule has 5 nitrogen and oxygen atoms in total. The third-order valence-electron chi connectivity index (χ3n) is 7.67. The Balaban J connectivity index is 1.29. The van der Waals surface area contributed by atoms with Crippen molar-refractivity contribution < 1.29 is 28.2 Å². The maximum Gasteiger partial charge on any atom is 0.227 e. The van der Waals surface area contributed by atoms with Gasteiger partial charge in [-0.15, -0.1) is 0 Å². The van der Waals surface area contributed by atoms with E-state index in [9.17, 15) is 14.3 Å². The first-order valence-corrected chi connectivity index (χ1v) is 13.2. The summed E-state index contributed by atoms with van der Waals surface area (Å²) < 4.78 is 40.7. The van der Waals surface area contributed by atoms with Gasteiger partial charge in [0.1, 0.15) is 29.7 Å². The Kier molecular flexibility index (Phi) is 7.59. The number of aliphatic hydroxyl groups is 1. The summed E-state index contributed by atoms with van der Waals surface area (Å²) in [5, 5.41) is 11.6. The molecule has 2 aliphatic rings. The van der Waals surface area contributed by atoms with Crippen LogP contribution in [-0.4, -0.2) is 30.3 Å². The number of benzene rings is 3. The molecule has 5 rings (SSSR count). The quantitative estimate of drug-likeness (QED) is 0.367. The molecule has 0 unspecified atom stereocenters. The Bertz CT molecular complexity index is 1320. The lowest BCUT2D eigenvalue weighted by atomic mass is 9.76. The molecule has 0 spiro atoms. The van der Waals surface area contributed by atoms with Gasteiger partial charge in [0.05, 0.1) is 24.9 Å². The van der Waals surface area contributed by atoms with Crippen molar-refractivity contribution in [2.75, 3.05) is 18.6 Å². The predicted octanol–water partition coefficient (Wildman–Crippen LogP) is 6.57. The van der Waals surface area contributed by atoms with Gasteiger partial charge in [0.25, 0.3) is 0 Å². The van der Waals surface area contributed by atoms with Crippen molar-refractivity contribution in [1.29, 1.82) is 0 Å². The van der Waals surface area contributed by atoms with Crippen molar-refractivity contribution in [2.45, 2.75) is 56.6 Å². The molecule has 0 aromatic heterocycles. The molecule has 0 bridgehead atoms. The van der Waals surface area contributed by atoms with Crippen LogP contribution in [-0.2, 0) is 17.8 Å². The standard InChI is InChI=1S/C30H30ClF2NO4/c1-37-22-5-2-19(3-6-22)17-34-28(35)11-8-24-27(10-9-25(32)29(24)34)38-18-30(36)14-12-20(13-15-30)23-7-4-21(31)16-26(23)33/h2-7,9-10,16,20,36H,8,11-15,17-18H2,1H3. The van der Waals surface area contributed by atoms with Crippen molar-refractivity contribution in [1.82, 2.24) is 0 Å². The Morgan fingerprint density at radius 1 is 1.03 bits per heavy atom. The lowest BCUT2D eigenvalue weighted by Crippen LogP contribution is -2.40. The first kappa shape index (κ1) is 26.4. The number of amides is 1. The van der Waals surface area contributed by atoms with Crippen LogP contribution in [0.5, 0.6) is 11.5 Å². The number of nitrogens with zero attached hydrogens (tertiary/aromatic N) is 1. The number of fused-ring (bicyclic) bond motifs is 1. The van der Waals surface area contributed by atoms with Crippen LogP contribution >= 0.6 is 11.6 Å². The average molecular weight is 542 g/mol. The highest BCUT2D eigenvalue weighted by atomic mass is 35.5. The Morgan fingerprint density at radius 3 is 2.45 bits per heavy atom. The van der Waals surface area contributed by atoms with Gasteiger partial charge in [0.15, 0.2) is 0 Å². The molecular weight excluding hydrogens is 512 g/mol. The smallest absolute Gasteiger partial charge is 0.227 e. The topological polar surface area (TPSA) is 59.0 Å². The van der Waals surface area contributed by atoms with Crippen LogP contribution in [0.2, 0.25) is 5.02 Å². The predicted molar refractivity (Wildman–Crippen MR) is 142 cm³/mol. The summed E-state index contributed by atoms with van der Waals surface area (Å²) in [6, 6.07) is 14.9. The van der Waals surface area contributed by atoms with E-state index in [1.807, 2.05) is 12.1 Å². The second-order valence-electron chi connectivity index (χ2n) is 10.2. The number of hydrogen-bond acceptors (Lipinski definition) is 4. The highest BCUT2D eigenvalue weighted by Crippen LogP contribution is 2.41. The van der Waals surface area contributed by atoms with Crippen molar-refractivity contribution in [3.05, 3.63) is 87.9 Å². The summed E-state index contributed by atoms with van der Waals surface area (Å²) in [6.45, 7) is 0.260. The molecule has 3 aromatic rings. The zero-order valence-electron chi connectivity index (χ0n) is 21.2. The summed E-state index contributed by atoms with van der Waals surface area (Å²) in [6.07, 6.45) is 2.73. The normalized spacial score (nSPS) is 21.2. The third-order valence-corrected chi connectivity index (χ3v) is 7.90. The molecule has 38 heavy (non-hydrogen) atoms. The summed E-state index contributed by atoms with van der Waals surface area (Å²) in [7, 11) is 1.58. The Labute approximate surface area is 225 Å². The first-order valence-electron chi connectivity index (χ1n) is 12.8. The molecule has 0 atom stereocenters. The molecule has 1 amide bonds. The molecule has 1 aliphatic heterocycles. The minimum Gasteiger partial charge on any atom is -0.497 e. The SMILES string of the molecule is COc1ccc(CN2C(=O)CCc3c(OCC4(O)CCC(c5ccc(Cl)cc5F)CC4)ccc(F)c32)cc1. The zero-order valence-corrected chi connectivity index (χ0v) is 21.9. The molecule has 1 heterocycles. The molecular formula is C30H30ClF2NO4. The van der Waals surface area contributed by atoms with Crippen LogP contribution < -0.4 is 14.4 Å². The van der Waals surface area contributed by atoms with Crippen molar-refractivity contribution in [3.8, 4) is 11.5 Å². The second-order valence-corrected chi connectivity index (χ2v) is 10.6. The van der Waals surface area contributed by atoms with Crippen LogP contribution in [0, 0.1) is 11.6 Å². The molecule has 1 saturated carbocycles. The van der Waals surface area contributed by atoms with Crippen LogP contribution in [0.3, 0.4) is 0 Å². The fourth-order valence-corrected chi connectivity index (χ4v) is 5.64. The van der Waals surface area contributed by atoms with Crippen LogP contribution in [0.4, 0.5) is 14.5 Å². The molecule has 1 aliphatic carbocycles. The van der Waals surface area contributed by atoms with Crippen LogP contribution in [0.15, 0.2) is 54.6 Å². The number of halogens is 3. The summed E-state index contributed by atoms with van der Waals surface area (Å²) in [5.74, 6) is 0.201. The van der Waals surface area contributed by atoms with Crippen LogP contribution in [0.25, 0.3) is 0 Å². The number of ether oxygens (including phenoxy) is 2. The monoisotopic (exact) mass is 541 g/mol. The maximum atomic E-state index is 15.1. The number of hydrogen-bond donors (Lipinski definition) is 1. The van der Waals surface area contributed by atoms with Crippen molar-refractivity contribution >= 4 is 23.2 Å². The summed E-state index contributed by atoms with van der Waals surface area (Å²) >= 11 is 5.88. The average Bonchev–Trinajstić information content (AvgIpc) is 2.91. The van der Waals surface area contributed by atoms with E-state index in [1.165, 1.54) is 17.0 Å². The second kappa shape index (κ2) is 10.9. The minimum atomic E-state index is -1.08. The van der Waals surface area contributed by atoms with Gasteiger partial charge in [-0.2, -0.15) is 0 Å². The van der Waals surface area contributed by atoms with Gasteiger partial charge in [-0.05, 0) is 85.5 Å². The van der Waals surface area contributed by atoms with Gasteiger partial charge in [0.2, 0.25) is 5.91 Å². The van der Waals surface area contributed by atoms with E-state index in [1.54, 1.807) is 37.4 Å². The van der Waals surface area contributed by atoms with Gasteiger partial charge >= 0.3 is 0 Å². The first-order chi connectivity index (χ1) is 18.3. The lowest BCUT2D eigenvalue weighted by Gasteiger charge is -2.37. The zero-order chi connectivity index (χ0) is 26.9. The Hall–Kier alpha value is -3.16. The number of carbonyl (C=O) groups is 1. The lowest BCUT2D eigenvalue weighted by molar-refractivity contribution is -0.119. The van der Waals surface area contributed by atoms with E-state index < -0.39 is 11.4 Å². The van der Waals surface area contributed by atoms with E-state index in [2.05, 4.69) is 0 Å². The maximum absolute atomic E-state index is 15.1. The number of carbonyl (C=O) groups excluding carboxylic acids is 1. The van der Waals surface area contributed by atoms with E-state index in [4.69, 9.17) is 21.1 Å². The van der Waals surface area contributed by atoms with Gasteiger partial charge < -0.3 is 19.5 Å². The fraction of sp³-hybridized carbons (Fsp3) is 0.367. The van der Waals surface area contributed by atoms with E-state index in [0.717, 1.165) is 5.56 Å². The number of rotatable bonds is 7.